The van der Waals surface area contributed by atoms with Gasteiger partial charge in [-0.1, -0.05) is 48.0 Å². The predicted octanol–water partition coefficient (Wildman–Crippen LogP) is 4.50. The molecule has 0 heterocycles. The average Bonchev–Trinajstić information content (AvgIpc) is 2.84. The van der Waals surface area contributed by atoms with E-state index >= 15 is 0 Å². The first-order valence-corrected chi connectivity index (χ1v) is 12.7. The summed E-state index contributed by atoms with van der Waals surface area (Å²) in [5.41, 5.74) is 4.63. The van der Waals surface area contributed by atoms with Crippen molar-refractivity contribution in [2.24, 2.45) is 0 Å². The molecule has 3 rings (SSSR count). The van der Waals surface area contributed by atoms with E-state index in [0.717, 1.165) is 22.3 Å². The maximum atomic E-state index is 13.6. The van der Waals surface area contributed by atoms with E-state index in [1.165, 1.54) is 30.7 Å². The monoisotopic (exact) mass is 496 g/mol. The Morgan fingerprint density at radius 1 is 0.886 bits per heavy atom. The molecule has 7 nitrogen and oxygen atoms in total. The first kappa shape index (κ1) is 26.2. The second-order valence-electron chi connectivity index (χ2n) is 8.41. The lowest BCUT2D eigenvalue weighted by Gasteiger charge is -2.23. The van der Waals surface area contributed by atoms with Crippen LogP contribution < -0.4 is 14.8 Å². The molecule has 0 spiro atoms. The number of methoxy groups -OCH3 is 2. The zero-order valence-corrected chi connectivity index (χ0v) is 21.6. The Bertz CT molecular complexity index is 1270. The van der Waals surface area contributed by atoms with Crippen LogP contribution in [0.2, 0.25) is 0 Å². The molecule has 0 saturated carbocycles. The summed E-state index contributed by atoms with van der Waals surface area (Å²) in [4.78, 5) is 13.1. The molecule has 1 amide bonds. The SMILES string of the molecule is COc1ccc(S(=O)(=O)N(CCc2ccccc2)CC(=O)Nc2c(C)cc(C)cc2C)cc1OC. The molecule has 1 N–H and O–H groups in total. The first-order chi connectivity index (χ1) is 16.6. The van der Waals surface area contributed by atoms with Crippen molar-refractivity contribution in [3.8, 4) is 11.5 Å². The van der Waals surface area contributed by atoms with Gasteiger partial charge in [-0.3, -0.25) is 4.79 Å². The summed E-state index contributed by atoms with van der Waals surface area (Å²) >= 11 is 0. The van der Waals surface area contributed by atoms with Gasteiger partial charge in [-0.25, -0.2) is 8.42 Å². The molecule has 0 aliphatic rings. The van der Waals surface area contributed by atoms with Crippen LogP contribution in [0.3, 0.4) is 0 Å². The number of benzene rings is 3. The van der Waals surface area contributed by atoms with Crippen molar-refractivity contribution in [2.75, 3.05) is 32.6 Å². The summed E-state index contributed by atoms with van der Waals surface area (Å²) in [5.74, 6) is 0.314. The lowest BCUT2D eigenvalue weighted by molar-refractivity contribution is -0.116. The maximum absolute atomic E-state index is 13.6. The zero-order chi connectivity index (χ0) is 25.6. The minimum absolute atomic E-state index is 0.0266. The summed E-state index contributed by atoms with van der Waals surface area (Å²) in [6.07, 6.45) is 0.462. The van der Waals surface area contributed by atoms with Crippen LogP contribution in [-0.4, -0.2) is 45.9 Å². The fraction of sp³-hybridized carbons (Fsp3) is 0.296. The largest absolute Gasteiger partial charge is 0.493 e. The smallest absolute Gasteiger partial charge is 0.243 e. The predicted molar refractivity (Wildman–Crippen MR) is 138 cm³/mol. The highest BCUT2D eigenvalue weighted by molar-refractivity contribution is 7.89. The van der Waals surface area contributed by atoms with Crippen LogP contribution >= 0.6 is 0 Å². The van der Waals surface area contributed by atoms with Gasteiger partial charge in [0.15, 0.2) is 11.5 Å². The van der Waals surface area contributed by atoms with Gasteiger partial charge in [-0.15, -0.1) is 0 Å². The van der Waals surface area contributed by atoms with Gasteiger partial charge in [0.2, 0.25) is 15.9 Å². The van der Waals surface area contributed by atoms with Crippen LogP contribution in [0.4, 0.5) is 5.69 Å². The molecule has 186 valence electrons. The molecular formula is C27H32N2O5S. The number of hydrogen-bond acceptors (Lipinski definition) is 5. The van der Waals surface area contributed by atoms with Gasteiger partial charge in [0, 0.05) is 18.3 Å². The topological polar surface area (TPSA) is 84.9 Å². The third-order valence-corrected chi connectivity index (χ3v) is 7.59. The Hall–Kier alpha value is -3.36. The van der Waals surface area contributed by atoms with Crippen LogP contribution in [-0.2, 0) is 21.2 Å². The van der Waals surface area contributed by atoms with Gasteiger partial charge in [0.1, 0.15) is 0 Å². The van der Waals surface area contributed by atoms with E-state index in [2.05, 4.69) is 5.32 Å². The lowest BCUT2D eigenvalue weighted by Crippen LogP contribution is -2.39. The molecule has 0 aliphatic heterocycles. The normalized spacial score (nSPS) is 11.4. The van der Waals surface area contributed by atoms with Crippen LogP contribution in [0.1, 0.15) is 22.3 Å². The number of nitrogens with zero attached hydrogens (tertiary/aromatic N) is 1. The standard InChI is InChI=1S/C27H32N2O5S/c1-19-15-20(2)27(21(3)16-19)28-26(30)18-29(14-13-22-9-7-6-8-10-22)35(31,32)23-11-12-24(33-4)25(17-23)34-5/h6-12,15-17H,13-14,18H2,1-5H3,(H,28,30). The number of rotatable bonds is 10. The Kier molecular flexibility index (Phi) is 8.53. The molecule has 0 saturated heterocycles. The maximum Gasteiger partial charge on any atom is 0.243 e. The first-order valence-electron chi connectivity index (χ1n) is 11.3. The van der Waals surface area contributed by atoms with Gasteiger partial charge < -0.3 is 14.8 Å². The molecule has 8 heteroatoms. The van der Waals surface area contributed by atoms with Crippen LogP contribution in [0.5, 0.6) is 11.5 Å². The molecule has 0 unspecified atom stereocenters. The third-order valence-electron chi connectivity index (χ3n) is 5.75. The Labute approximate surface area is 207 Å². The number of sulfonamides is 1. The van der Waals surface area contributed by atoms with E-state index in [1.54, 1.807) is 6.07 Å². The highest BCUT2D eigenvalue weighted by Crippen LogP contribution is 2.31. The molecule has 35 heavy (non-hydrogen) atoms. The van der Waals surface area contributed by atoms with Gasteiger partial charge in [-0.2, -0.15) is 4.31 Å². The number of nitrogens with one attached hydrogen (secondary N) is 1. The molecule has 0 bridgehead atoms. The number of anilines is 1. The quantitative estimate of drug-likeness (QED) is 0.447. The molecule has 0 radical (unpaired) electrons. The Morgan fingerprint density at radius 3 is 2.11 bits per heavy atom. The molecule has 0 fully saturated rings. The van der Waals surface area contributed by atoms with Crippen molar-refractivity contribution < 1.29 is 22.7 Å². The summed E-state index contributed by atoms with van der Waals surface area (Å²) in [6, 6.07) is 17.9. The second kappa shape index (κ2) is 11.4. The number of ether oxygens (including phenoxy) is 2. The van der Waals surface area contributed by atoms with Crippen LogP contribution in [0.25, 0.3) is 0 Å². The molecular weight excluding hydrogens is 464 g/mol. The Morgan fingerprint density at radius 2 is 1.51 bits per heavy atom. The number of carbonyl (C=O) groups excluding carboxylic acids is 1. The van der Waals surface area contributed by atoms with Gasteiger partial charge in [0.25, 0.3) is 0 Å². The van der Waals surface area contributed by atoms with E-state index in [4.69, 9.17) is 9.47 Å². The summed E-state index contributed by atoms with van der Waals surface area (Å²) in [7, 11) is -1.08. The van der Waals surface area contributed by atoms with Crippen LogP contribution in [0.15, 0.2) is 65.6 Å². The van der Waals surface area contributed by atoms with Crippen molar-refractivity contribution in [2.45, 2.75) is 32.1 Å². The van der Waals surface area contributed by atoms with Crippen molar-refractivity contribution in [3.05, 3.63) is 82.9 Å². The van der Waals surface area contributed by atoms with E-state index < -0.39 is 15.9 Å². The minimum Gasteiger partial charge on any atom is -0.493 e. The molecule has 0 aromatic heterocycles. The third kappa shape index (κ3) is 6.41. The minimum atomic E-state index is -4.01. The second-order valence-corrected chi connectivity index (χ2v) is 10.4. The average molecular weight is 497 g/mol. The molecule has 3 aromatic carbocycles. The summed E-state index contributed by atoms with van der Waals surface area (Å²) in [6.45, 7) is 5.65. The van der Waals surface area contributed by atoms with E-state index in [0.29, 0.717) is 23.6 Å². The van der Waals surface area contributed by atoms with Crippen LogP contribution in [0, 0.1) is 20.8 Å². The molecule has 0 atom stereocenters. The summed E-state index contributed by atoms with van der Waals surface area (Å²) < 4.78 is 39.0. The van der Waals surface area contributed by atoms with Gasteiger partial charge in [0.05, 0.1) is 25.7 Å². The van der Waals surface area contributed by atoms with E-state index in [-0.39, 0.29) is 18.0 Å². The molecule has 0 aliphatic carbocycles. The van der Waals surface area contributed by atoms with Crippen molar-refractivity contribution >= 4 is 21.6 Å². The fourth-order valence-corrected chi connectivity index (χ4v) is 5.44. The Balaban J connectivity index is 1.90. The zero-order valence-electron chi connectivity index (χ0n) is 20.8. The highest BCUT2D eigenvalue weighted by Gasteiger charge is 2.28. The fourth-order valence-electron chi connectivity index (χ4n) is 4.03. The lowest BCUT2D eigenvalue weighted by atomic mass is 10.1. The number of aryl methyl sites for hydroxylation is 3. The van der Waals surface area contributed by atoms with Crippen molar-refractivity contribution in [3.63, 3.8) is 0 Å². The number of carbonyl (C=O) groups is 1. The van der Waals surface area contributed by atoms with E-state index in [9.17, 15) is 13.2 Å². The van der Waals surface area contributed by atoms with Crippen molar-refractivity contribution in [1.29, 1.82) is 0 Å². The van der Waals surface area contributed by atoms with Gasteiger partial charge >= 0.3 is 0 Å². The number of hydrogen-bond donors (Lipinski definition) is 1. The van der Waals surface area contributed by atoms with Crippen molar-refractivity contribution in [1.82, 2.24) is 4.31 Å². The summed E-state index contributed by atoms with van der Waals surface area (Å²) in [5, 5.41) is 2.91. The molecule has 3 aromatic rings. The van der Waals surface area contributed by atoms with E-state index in [1.807, 2.05) is 63.2 Å². The van der Waals surface area contributed by atoms with Gasteiger partial charge in [-0.05, 0) is 56.0 Å². The number of amides is 1. The highest BCUT2D eigenvalue weighted by atomic mass is 32.2.